The first kappa shape index (κ1) is 11.1. The minimum atomic E-state index is -0.977. The third kappa shape index (κ3) is 2.25. The minimum absolute atomic E-state index is 0.187. The van der Waals surface area contributed by atoms with Gasteiger partial charge in [-0.3, -0.25) is 4.79 Å². The Hall–Kier alpha value is -2.37. The Balaban J connectivity index is 2.37. The van der Waals surface area contributed by atoms with Gasteiger partial charge in [-0.25, -0.2) is 9.07 Å². The lowest BCUT2D eigenvalue weighted by atomic mass is 10.2. The zero-order valence-electron chi connectivity index (χ0n) is 8.80. The van der Waals surface area contributed by atoms with Crippen molar-refractivity contribution in [2.24, 2.45) is 0 Å². The second-order valence-electron chi connectivity index (χ2n) is 3.51. The average molecular weight is 235 g/mol. The highest BCUT2D eigenvalue weighted by atomic mass is 19.1. The van der Waals surface area contributed by atoms with Gasteiger partial charge in [-0.15, -0.1) is 0 Å². The van der Waals surface area contributed by atoms with E-state index in [0.29, 0.717) is 11.3 Å². The van der Waals surface area contributed by atoms with E-state index < -0.39 is 5.97 Å². The molecule has 0 bridgehead atoms. The van der Waals surface area contributed by atoms with E-state index in [-0.39, 0.29) is 18.1 Å². The van der Waals surface area contributed by atoms with E-state index in [0.717, 1.165) is 0 Å². The number of aliphatic carboxylic acids is 1. The fourth-order valence-electron chi connectivity index (χ4n) is 1.48. The average Bonchev–Trinajstić information content (AvgIpc) is 2.61. The third-order valence-corrected chi connectivity index (χ3v) is 2.30. The van der Waals surface area contributed by atoms with Crippen molar-refractivity contribution in [3.63, 3.8) is 0 Å². The number of nitrogens with zero attached hydrogens (tertiary/aromatic N) is 2. The van der Waals surface area contributed by atoms with Crippen LogP contribution in [0, 0.1) is 5.82 Å². The zero-order valence-corrected chi connectivity index (χ0v) is 8.80. The van der Waals surface area contributed by atoms with Crippen LogP contribution < -0.4 is 5.73 Å². The van der Waals surface area contributed by atoms with Crippen molar-refractivity contribution in [3.8, 4) is 5.69 Å². The van der Waals surface area contributed by atoms with E-state index in [9.17, 15) is 9.18 Å². The number of rotatable bonds is 3. The molecule has 0 aliphatic heterocycles. The molecule has 0 radical (unpaired) electrons. The first-order chi connectivity index (χ1) is 8.08. The number of hydrogen-bond donors (Lipinski definition) is 2. The number of nitrogen functional groups attached to an aromatic ring is 1. The number of carbonyl (C=O) groups is 1. The minimum Gasteiger partial charge on any atom is -0.481 e. The third-order valence-electron chi connectivity index (χ3n) is 2.30. The van der Waals surface area contributed by atoms with Gasteiger partial charge in [0.15, 0.2) is 0 Å². The molecule has 0 fully saturated rings. The summed E-state index contributed by atoms with van der Waals surface area (Å²) in [4.78, 5) is 10.6. The van der Waals surface area contributed by atoms with Gasteiger partial charge >= 0.3 is 5.97 Å². The van der Waals surface area contributed by atoms with Crippen molar-refractivity contribution in [2.75, 3.05) is 5.73 Å². The van der Waals surface area contributed by atoms with Gasteiger partial charge < -0.3 is 10.8 Å². The Kier molecular flexibility index (Phi) is 2.78. The summed E-state index contributed by atoms with van der Waals surface area (Å²) in [6.07, 6.45) is 1.21. The van der Waals surface area contributed by atoms with Crippen molar-refractivity contribution in [2.45, 2.75) is 6.42 Å². The lowest BCUT2D eigenvalue weighted by molar-refractivity contribution is -0.136. The molecule has 0 unspecified atom stereocenters. The van der Waals surface area contributed by atoms with Gasteiger partial charge in [0.2, 0.25) is 0 Å². The number of carboxylic acids is 1. The number of carboxylic acid groups (broad SMARTS) is 1. The largest absolute Gasteiger partial charge is 0.481 e. The Bertz CT molecular complexity index is 548. The SMILES string of the molecule is Nc1c(CC(=O)O)cnn1-c1ccc(F)cc1. The summed E-state index contributed by atoms with van der Waals surface area (Å²) in [6.45, 7) is 0. The summed E-state index contributed by atoms with van der Waals surface area (Å²) in [7, 11) is 0. The van der Waals surface area contributed by atoms with Crippen LogP contribution in [0.4, 0.5) is 10.2 Å². The molecule has 0 aliphatic rings. The van der Waals surface area contributed by atoms with Gasteiger partial charge in [0, 0.05) is 5.56 Å². The summed E-state index contributed by atoms with van der Waals surface area (Å²) in [5.41, 5.74) is 6.78. The summed E-state index contributed by atoms with van der Waals surface area (Å²) in [6, 6.07) is 5.60. The maximum Gasteiger partial charge on any atom is 0.308 e. The monoisotopic (exact) mass is 235 g/mol. The first-order valence-electron chi connectivity index (χ1n) is 4.88. The number of benzene rings is 1. The van der Waals surface area contributed by atoms with Gasteiger partial charge in [-0.1, -0.05) is 0 Å². The molecule has 0 aliphatic carbocycles. The predicted molar refractivity (Wildman–Crippen MR) is 59.3 cm³/mol. The van der Waals surface area contributed by atoms with Gasteiger partial charge in [-0.2, -0.15) is 5.10 Å². The smallest absolute Gasteiger partial charge is 0.308 e. The van der Waals surface area contributed by atoms with Gasteiger partial charge in [-0.05, 0) is 24.3 Å². The van der Waals surface area contributed by atoms with Gasteiger partial charge in [0.25, 0.3) is 0 Å². The zero-order chi connectivity index (χ0) is 12.4. The topological polar surface area (TPSA) is 81.1 Å². The Labute approximate surface area is 96.3 Å². The van der Waals surface area contributed by atoms with Gasteiger partial charge in [0.1, 0.15) is 11.6 Å². The van der Waals surface area contributed by atoms with Crippen LogP contribution in [0.5, 0.6) is 0 Å². The maximum atomic E-state index is 12.7. The van der Waals surface area contributed by atoms with E-state index in [2.05, 4.69) is 5.10 Å². The number of aromatic nitrogens is 2. The normalized spacial score (nSPS) is 10.4. The molecule has 1 aromatic heterocycles. The molecule has 3 N–H and O–H groups in total. The summed E-state index contributed by atoms with van der Waals surface area (Å²) < 4.78 is 14.1. The molecular formula is C11H10FN3O2. The molecule has 6 heteroatoms. The van der Waals surface area contributed by atoms with Crippen LogP contribution in [0.25, 0.3) is 5.69 Å². The Morgan fingerprint density at radius 2 is 2.06 bits per heavy atom. The molecule has 17 heavy (non-hydrogen) atoms. The van der Waals surface area contributed by atoms with Crippen molar-refractivity contribution >= 4 is 11.8 Å². The van der Waals surface area contributed by atoms with E-state index in [1.165, 1.54) is 35.1 Å². The lowest BCUT2D eigenvalue weighted by Gasteiger charge is -2.04. The molecule has 2 aromatic rings. The van der Waals surface area contributed by atoms with Crippen molar-refractivity contribution in [1.82, 2.24) is 9.78 Å². The number of nitrogens with two attached hydrogens (primary N) is 1. The van der Waals surface area contributed by atoms with Crippen LogP contribution in [0.15, 0.2) is 30.5 Å². The molecule has 0 saturated carbocycles. The number of halogens is 1. The summed E-state index contributed by atoms with van der Waals surface area (Å²) in [5, 5.41) is 12.6. The van der Waals surface area contributed by atoms with E-state index in [1.54, 1.807) is 0 Å². The van der Waals surface area contributed by atoms with Crippen LogP contribution >= 0.6 is 0 Å². The van der Waals surface area contributed by atoms with Gasteiger partial charge in [0.05, 0.1) is 18.3 Å². The van der Waals surface area contributed by atoms with Crippen LogP contribution in [-0.4, -0.2) is 20.9 Å². The van der Waals surface area contributed by atoms with Crippen molar-refractivity contribution in [3.05, 3.63) is 41.8 Å². The van der Waals surface area contributed by atoms with Crippen LogP contribution in [0.3, 0.4) is 0 Å². The second-order valence-corrected chi connectivity index (χ2v) is 3.51. The number of anilines is 1. The number of hydrogen-bond acceptors (Lipinski definition) is 3. The van der Waals surface area contributed by atoms with Crippen molar-refractivity contribution in [1.29, 1.82) is 0 Å². The highest BCUT2D eigenvalue weighted by Crippen LogP contribution is 2.17. The molecule has 2 rings (SSSR count). The van der Waals surface area contributed by atoms with E-state index in [4.69, 9.17) is 10.8 Å². The Morgan fingerprint density at radius 1 is 1.41 bits per heavy atom. The molecule has 0 amide bonds. The maximum absolute atomic E-state index is 12.7. The fraction of sp³-hybridized carbons (Fsp3) is 0.0909. The highest BCUT2D eigenvalue weighted by Gasteiger charge is 2.11. The first-order valence-corrected chi connectivity index (χ1v) is 4.88. The lowest BCUT2D eigenvalue weighted by Crippen LogP contribution is -2.06. The van der Waals surface area contributed by atoms with E-state index >= 15 is 0 Å². The van der Waals surface area contributed by atoms with Crippen LogP contribution in [0.1, 0.15) is 5.56 Å². The second kappa shape index (κ2) is 4.25. The highest BCUT2D eigenvalue weighted by molar-refractivity contribution is 5.72. The van der Waals surface area contributed by atoms with Crippen molar-refractivity contribution < 1.29 is 14.3 Å². The summed E-state index contributed by atoms with van der Waals surface area (Å²) in [5.74, 6) is -1.08. The standard InChI is InChI=1S/C11H10FN3O2/c12-8-1-3-9(4-2-8)15-11(13)7(6-14-15)5-10(16)17/h1-4,6H,5,13H2,(H,16,17). The molecule has 0 spiro atoms. The molecule has 5 nitrogen and oxygen atoms in total. The molecule has 1 heterocycles. The van der Waals surface area contributed by atoms with Crippen LogP contribution in [0.2, 0.25) is 0 Å². The fourth-order valence-corrected chi connectivity index (χ4v) is 1.48. The quantitative estimate of drug-likeness (QED) is 0.838. The van der Waals surface area contributed by atoms with E-state index in [1.807, 2.05) is 0 Å². The molecule has 0 atom stereocenters. The predicted octanol–water partition coefficient (Wildman–Crippen LogP) is 1.22. The molecule has 1 aromatic carbocycles. The molecule has 88 valence electrons. The van der Waals surface area contributed by atoms with Crippen LogP contribution in [-0.2, 0) is 11.2 Å². The molecule has 0 saturated heterocycles. The molecular weight excluding hydrogens is 225 g/mol. The summed E-state index contributed by atoms with van der Waals surface area (Å²) >= 11 is 0. The Morgan fingerprint density at radius 3 is 2.65 bits per heavy atom.